The third-order valence-electron chi connectivity index (χ3n) is 5.69. The molecule has 4 rings (SSSR count). The summed E-state index contributed by atoms with van der Waals surface area (Å²) >= 11 is 0. The second-order valence-electron chi connectivity index (χ2n) is 7.02. The average Bonchev–Trinajstić information content (AvgIpc) is 2.85. The van der Waals surface area contributed by atoms with Crippen LogP contribution in [0.15, 0.2) is 11.3 Å². The zero-order valence-electron chi connectivity index (χ0n) is 12.2. The number of nitrogens with zero attached hydrogens (tertiary/aromatic N) is 1. The minimum Gasteiger partial charge on any atom is -0.493 e. The first-order valence-corrected chi connectivity index (χ1v) is 8.08. The zero-order chi connectivity index (χ0) is 13.9. The van der Waals surface area contributed by atoms with E-state index in [9.17, 15) is 4.79 Å². The van der Waals surface area contributed by atoms with Gasteiger partial charge in [-0.3, -0.25) is 9.69 Å². The predicted octanol–water partition coefficient (Wildman–Crippen LogP) is 1.45. The van der Waals surface area contributed by atoms with Crippen LogP contribution >= 0.6 is 0 Å². The van der Waals surface area contributed by atoms with Crippen molar-refractivity contribution in [1.82, 2.24) is 4.90 Å². The Morgan fingerprint density at radius 3 is 3.00 bits per heavy atom. The Balaban J connectivity index is 1.70. The second-order valence-corrected chi connectivity index (χ2v) is 7.02. The largest absolute Gasteiger partial charge is 0.493 e. The molecular formula is C16H24N2O2. The van der Waals surface area contributed by atoms with E-state index in [1.54, 1.807) is 0 Å². The van der Waals surface area contributed by atoms with Crippen molar-refractivity contribution in [1.29, 1.82) is 0 Å². The van der Waals surface area contributed by atoms with Crippen LogP contribution in [-0.2, 0) is 9.53 Å². The SMILES string of the molecule is C[C@H]1C[C@H](N)CC2=C1C(=O)[C@@H]1[C@@H](CCN3CCC[C@@H]13)O2. The standard InChI is InChI=1S/C16H24N2O2/c1-9-7-10(17)8-13-14(9)16(19)15-11-3-2-5-18(11)6-4-12(15)20-13/h9-12,15H,2-8,17H2,1H3/t9-,10-,11-,12+,15-/m0/s1. The Morgan fingerprint density at radius 1 is 1.30 bits per heavy atom. The van der Waals surface area contributed by atoms with Crippen LogP contribution in [-0.4, -0.2) is 42.0 Å². The van der Waals surface area contributed by atoms with Crippen molar-refractivity contribution in [3.8, 4) is 0 Å². The van der Waals surface area contributed by atoms with Gasteiger partial charge in [0.15, 0.2) is 5.78 Å². The summed E-state index contributed by atoms with van der Waals surface area (Å²) in [7, 11) is 0. The predicted molar refractivity (Wildman–Crippen MR) is 76.0 cm³/mol. The molecule has 110 valence electrons. The first kappa shape index (κ1) is 12.8. The van der Waals surface area contributed by atoms with Crippen LogP contribution in [0.2, 0.25) is 0 Å². The van der Waals surface area contributed by atoms with Gasteiger partial charge in [0.1, 0.15) is 11.9 Å². The number of nitrogens with two attached hydrogens (primary N) is 1. The molecule has 5 atom stereocenters. The summed E-state index contributed by atoms with van der Waals surface area (Å²) in [4.78, 5) is 15.6. The molecule has 2 saturated heterocycles. The molecule has 20 heavy (non-hydrogen) atoms. The lowest BCUT2D eigenvalue weighted by molar-refractivity contribution is -0.135. The number of hydrogen-bond acceptors (Lipinski definition) is 4. The van der Waals surface area contributed by atoms with Gasteiger partial charge in [-0.2, -0.15) is 0 Å². The van der Waals surface area contributed by atoms with Crippen molar-refractivity contribution in [3.05, 3.63) is 11.3 Å². The van der Waals surface area contributed by atoms with Gasteiger partial charge in [0.05, 0.1) is 5.92 Å². The van der Waals surface area contributed by atoms with Gasteiger partial charge in [-0.1, -0.05) is 6.92 Å². The maximum Gasteiger partial charge on any atom is 0.170 e. The molecule has 0 aromatic carbocycles. The quantitative estimate of drug-likeness (QED) is 0.727. The fraction of sp³-hybridized carbons (Fsp3) is 0.812. The Bertz CT molecular complexity index is 473. The van der Waals surface area contributed by atoms with Crippen LogP contribution in [0.25, 0.3) is 0 Å². The molecule has 3 heterocycles. The number of rotatable bonds is 0. The van der Waals surface area contributed by atoms with Gasteiger partial charge in [0.2, 0.25) is 0 Å². The van der Waals surface area contributed by atoms with Crippen LogP contribution in [0.5, 0.6) is 0 Å². The lowest BCUT2D eigenvalue weighted by Crippen LogP contribution is -2.55. The Morgan fingerprint density at radius 2 is 2.15 bits per heavy atom. The molecule has 0 unspecified atom stereocenters. The highest BCUT2D eigenvalue weighted by atomic mass is 16.5. The highest BCUT2D eigenvalue weighted by Crippen LogP contribution is 2.44. The molecule has 0 spiro atoms. The third kappa shape index (κ3) is 1.77. The maximum atomic E-state index is 13.0. The van der Waals surface area contributed by atoms with Crippen LogP contribution in [0.1, 0.15) is 39.0 Å². The fourth-order valence-corrected chi connectivity index (χ4v) is 4.86. The molecule has 4 nitrogen and oxygen atoms in total. The lowest BCUT2D eigenvalue weighted by atomic mass is 9.72. The van der Waals surface area contributed by atoms with Gasteiger partial charge in [-0.25, -0.2) is 0 Å². The van der Waals surface area contributed by atoms with E-state index in [1.807, 2.05) is 0 Å². The van der Waals surface area contributed by atoms with Crippen LogP contribution in [0.3, 0.4) is 0 Å². The Labute approximate surface area is 120 Å². The molecular weight excluding hydrogens is 252 g/mol. The summed E-state index contributed by atoms with van der Waals surface area (Å²) in [5, 5.41) is 0. The zero-order valence-corrected chi connectivity index (χ0v) is 12.2. The number of fused-ring (bicyclic) bond motifs is 3. The van der Waals surface area contributed by atoms with Crippen molar-refractivity contribution in [2.45, 2.75) is 57.2 Å². The molecule has 1 aliphatic carbocycles. The van der Waals surface area contributed by atoms with Gasteiger partial charge in [-0.15, -0.1) is 0 Å². The van der Waals surface area contributed by atoms with E-state index in [-0.39, 0.29) is 24.0 Å². The highest BCUT2D eigenvalue weighted by Gasteiger charge is 2.50. The summed E-state index contributed by atoms with van der Waals surface area (Å²) in [5.41, 5.74) is 7.07. The van der Waals surface area contributed by atoms with Gasteiger partial charge < -0.3 is 10.5 Å². The molecule has 4 aliphatic rings. The van der Waals surface area contributed by atoms with Crippen molar-refractivity contribution < 1.29 is 9.53 Å². The van der Waals surface area contributed by atoms with Gasteiger partial charge in [0, 0.05) is 30.6 Å². The number of hydrogen-bond donors (Lipinski definition) is 1. The molecule has 0 aromatic heterocycles. The van der Waals surface area contributed by atoms with E-state index in [0.717, 1.165) is 50.1 Å². The Hall–Kier alpha value is -0.870. The second kappa shape index (κ2) is 4.57. The van der Waals surface area contributed by atoms with Crippen molar-refractivity contribution in [3.63, 3.8) is 0 Å². The average molecular weight is 276 g/mol. The smallest absolute Gasteiger partial charge is 0.170 e. The summed E-state index contributed by atoms with van der Waals surface area (Å²) < 4.78 is 6.27. The molecule has 3 aliphatic heterocycles. The normalized spacial score (nSPS) is 44.7. The number of carbonyl (C=O) groups is 1. The summed E-state index contributed by atoms with van der Waals surface area (Å²) in [6.45, 7) is 4.38. The molecule has 0 amide bonds. The van der Waals surface area contributed by atoms with Crippen molar-refractivity contribution in [2.75, 3.05) is 13.1 Å². The minimum absolute atomic E-state index is 0.0850. The number of ketones is 1. The Kier molecular flexibility index (Phi) is 2.93. The summed E-state index contributed by atoms with van der Waals surface area (Å²) in [6, 6.07) is 0.581. The van der Waals surface area contributed by atoms with E-state index in [4.69, 9.17) is 10.5 Å². The van der Waals surface area contributed by atoms with E-state index in [0.29, 0.717) is 11.8 Å². The lowest BCUT2D eigenvalue weighted by Gasteiger charge is -2.46. The molecule has 2 fully saturated rings. The minimum atomic E-state index is 0.0850. The number of carbonyl (C=O) groups excluding carboxylic acids is 1. The van der Waals surface area contributed by atoms with Gasteiger partial charge in [0.25, 0.3) is 0 Å². The van der Waals surface area contributed by atoms with Crippen LogP contribution in [0.4, 0.5) is 0 Å². The van der Waals surface area contributed by atoms with E-state index >= 15 is 0 Å². The third-order valence-corrected chi connectivity index (χ3v) is 5.69. The number of allylic oxidation sites excluding steroid dienone is 1. The molecule has 2 N–H and O–H groups in total. The molecule has 0 bridgehead atoms. The molecule has 4 heteroatoms. The van der Waals surface area contributed by atoms with E-state index < -0.39 is 0 Å². The summed E-state index contributed by atoms with van der Waals surface area (Å²) in [5.74, 6) is 1.65. The van der Waals surface area contributed by atoms with Crippen LogP contribution < -0.4 is 5.73 Å². The van der Waals surface area contributed by atoms with Gasteiger partial charge >= 0.3 is 0 Å². The van der Waals surface area contributed by atoms with E-state index in [1.165, 1.54) is 6.42 Å². The van der Waals surface area contributed by atoms with Crippen molar-refractivity contribution >= 4 is 5.78 Å². The monoisotopic (exact) mass is 276 g/mol. The molecule has 0 aromatic rings. The molecule has 0 saturated carbocycles. The first-order chi connectivity index (χ1) is 9.65. The fourth-order valence-electron chi connectivity index (χ4n) is 4.86. The highest BCUT2D eigenvalue weighted by molar-refractivity contribution is 6.00. The number of Topliss-reactive ketones (excluding diaryl/α,β-unsaturated/α-hetero) is 1. The van der Waals surface area contributed by atoms with Crippen LogP contribution in [0, 0.1) is 11.8 Å². The summed E-state index contributed by atoms with van der Waals surface area (Å²) in [6.07, 6.45) is 5.16. The van der Waals surface area contributed by atoms with Crippen molar-refractivity contribution in [2.24, 2.45) is 17.6 Å². The number of ether oxygens (including phenoxy) is 1. The maximum absolute atomic E-state index is 13.0. The molecule has 0 radical (unpaired) electrons. The first-order valence-electron chi connectivity index (χ1n) is 8.08. The van der Waals surface area contributed by atoms with Gasteiger partial charge in [-0.05, 0) is 38.1 Å². The van der Waals surface area contributed by atoms with E-state index in [2.05, 4.69) is 11.8 Å². The topological polar surface area (TPSA) is 55.6 Å². The number of piperidine rings is 1.